The molecule has 0 aliphatic rings. The zero-order valence-corrected chi connectivity index (χ0v) is 8.00. The lowest BCUT2D eigenvalue weighted by Gasteiger charge is -2.06. The molecule has 5 nitrogen and oxygen atoms in total. The Bertz CT molecular complexity index is 416. The lowest BCUT2D eigenvalue weighted by Crippen LogP contribution is -2.37. The minimum atomic E-state index is -0.313. The van der Waals surface area contributed by atoms with Gasteiger partial charge in [-0.25, -0.2) is 4.79 Å². The molecule has 0 amide bonds. The van der Waals surface area contributed by atoms with E-state index in [4.69, 9.17) is 0 Å². The van der Waals surface area contributed by atoms with Crippen LogP contribution in [0.1, 0.15) is 6.92 Å². The molecule has 1 aromatic heterocycles. The van der Waals surface area contributed by atoms with E-state index in [1.54, 1.807) is 7.05 Å². The Labute approximate surface area is 75.6 Å². The van der Waals surface area contributed by atoms with Crippen molar-refractivity contribution in [3.8, 4) is 0 Å². The lowest BCUT2D eigenvalue weighted by atomic mass is 10.5. The van der Waals surface area contributed by atoms with Crippen molar-refractivity contribution in [2.75, 3.05) is 11.9 Å². The third-order valence-corrected chi connectivity index (χ3v) is 1.81. The van der Waals surface area contributed by atoms with Crippen molar-refractivity contribution < 1.29 is 0 Å². The molecular formula is C8H13N3O2. The van der Waals surface area contributed by atoms with E-state index in [9.17, 15) is 9.59 Å². The van der Waals surface area contributed by atoms with Crippen LogP contribution in [0, 0.1) is 0 Å². The molecule has 1 aromatic rings. The molecule has 0 atom stereocenters. The van der Waals surface area contributed by atoms with Crippen molar-refractivity contribution in [1.82, 2.24) is 9.13 Å². The number of aromatic nitrogens is 2. The molecule has 0 aliphatic carbocycles. The molecular weight excluding hydrogens is 170 g/mol. The van der Waals surface area contributed by atoms with Gasteiger partial charge in [0.1, 0.15) is 5.69 Å². The predicted molar refractivity (Wildman–Crippen MR) is 51.1 cm³/mol. The van der Waals surface area contributed by atoms with E-state index in [1.165, 1.54) is 17.8 Å². The van der Waals surface area contributed by atoms with Gasteiger partial charge >= 0.3 is 5.69 Å². The topological polar surface area (TPSA) is 56.0 Å². The predicted octanol–water partition coefficient (Wildman–Crippen LogP) is -0.484. The van der Waals surface area contributed by atoms with Gasteiger partial charge in [-0.1, -0.05) is 0 Å². The molecule has 0 spiro atoms. The van der Waals surface area contributed by atoms with E-state index in [0.29, 0.717) is 12.2 Å². The Morgan fingerprint density at radius 1 is 1.38 bits per heavy atom. The highest BCUT2D eigenvalue weighted by molar-refractivity contribution is 5.37. The fourth-order valence-corrected chi connectivity index (χ4v) is 1.12. The van der Waals surface area contributed by atoms with Crippen LogP contribution >= 0.6 is 0 Å². The van der Waals surface area contributed by atoms with Gasteiger partial charge in [0, 0.05) is 26.8 Å². The molecule has 0 bridgehead atoms. The molecule has 0 saturated carbocycles. The molecule has 0 saturated heterocycles. The number of anilines is 1. The first-order chi connectivity index (χ1) is 6.07. The van der Waals surface area contributed by atoms with Crippen LogP contribution in [0.2, 0.25) is 0 Å². The van der Waals surface area contributed by atoms with Gasteiger partial charge in [-0.05, 0) is 6.92 Å². The van der Waals surface area contributed by atoms with E-state index < -0.39 is 0 Å². The Kier molecular flexibility index (Phi) is 2.55. The average molecular weight is 183 g/mol. The summed E-state index contributed by atoms with van der Waals surface area (Å²) in [5.74, 6) is 0. The smallest absolute Gasteiger partial charge is 0.330 e. The van der Waals surface area contributed by atoms with Gasteiger partial charge in [0.15, 0.2) is 0 Å². The molecule has 0 fully saturated rings. The second-order valence-electron chi connectivity index (χ2n) is 2.83. The summed E-state index contributed by atoms with van der Waals surface area (Å²) in [5, 5.41) is 2.89. The highest BCUT2D eigenvalue weighted by Crippen LogP contribution is 1.92. The number of hydrogen-bond acceptors (Lipinski definition) is 3. The maximum atomic E-state index is 11.4. The van der Waals surface area contributed by atoms with Gasteiger partial charge in [0.25, 0.3) is 5.56 Å². The highest BCUT2D eigenvalue weighted by Gasteiger charge is 2.04. The van der Waals surface area contributed by atoms with Crippen LogP contribution in [-0.4, -0.2) is 15.7 Å². The summed E-state index contributed by atoms with van der Waals surface area (Å²) in [6.07, 6.45) is 1.51. The molecule has 72 valence electrons. The van der Waals surface area contributed by atoms with Crippen molar-refractivity contribution >= 4 is 5.69 Å². The SMILES string of the molecule is CCNc1cn(C)c(=O)n(C)c1=O. The Hall–Kier alpha value is -1.52. The molecule has 1 heterocycles. The number of aryl methyl sites for hydroxylation is 1. The second kappa shape index (κ2) is 3.47. The standard InChI is InChI=1S/C8H13N3O2/c1-4-9-6-5-10(2)8(13)11(3)7(6)12/h5,9H,4H2,1-3H3. The summed E-state index contributed by atoms with van der Waals surface area (Å²) in [5.41, 5.74) is -0.149. The van der Waals surface area contributed by atoms with Crippen LogP contribution in [0.15, 0.2) is 15.8 Å². The van der Waals surface area contributed by atoms with Crippen molar-refractivity contribution in [2.24, 2.45) is 14.1 Å². The van der Waals surface area contributed by atoms with Crippen molar-refractivity contribution in [3.05, 3.63) is 27.0 Å². The van der Waals surface area contributed by atoms with Crippen molar-refractivity contribution in [2.45, 2.75) is 6.92 Å². The zero-order chi connectivity index (χ0) is 10.0. The second-order valence-corrected chi connectivity index (χ2v) is 2.83. The largest absolute Gasteiger partial charge is 0.380 e. The molecule has 5 heteroatoms. The zero-order valence-electron chi connectivity index (χ0n) is 8.00. The molecule has 13 heavy (non-hydrogen) atoms. The molecule has 0 aliphatic heterocycles. The fraction of sp³-hybridized carbons (Fsp3) is 0.500. The summed E-state index contributed by atoms with van der Waals surface area (Å²) >= 11 is 0. The molecule has 1 rings (SSSR count). The average Bonchev–Trinajstić information content (AvgIpc) is 2.11. The van der Waals surface area contributed by atoms with Crippen LogP contribution in [0.3, 0.4) is 0 Å². The third kappa shape index (κ3) is 1.63. The Balaban J connectivity index is 3.42. The summed E-state index contributed by atoms with van der Waals surface area (Å²) in [6.45, 7) is 2.55. The number of nitrogens with one attached hydrogen (secondary N) is 1. The van der Waals surface area contributed by atoms with Gasteiger partial charge in [-0.15, -0.1) is 0 Å². The number of hydrogen-bond donors (Lipinski definition) is 1. The van der Waals surface area contributed by atoms with Crippen LogP contribution in [0.4, 0.5) is 5.69 Å². The maximum absolute atomic E-state index is 11.4. The van der Waals surface area contributed by atoms with Crippen LogP contribution in [0.5, 0.6) is 0 Å². The van der Waals surface area contributed by atoms with Gasteiger partial charge in [-0.2, -0.15) is 0 Å². The quantitative estimate of drug-likeness (QED) is 0.673. The normalized spacial score (nSPS) is 10.1. The van der Waals surface area contributed by atoms with Crippen molar-refractivity contribution in [3.63, 3.8) is 0 Å². The monoisotopic (exact) mass is 183 g/mol. The Morgan fingerprint density at radius 3 is 2.54 bits per heavy atom. The van der Waals surface area contributed by atoms with Gasteiger partial charge in [-0.3, -0.25) is 9.36 Å². The first-order valence-corrected chi connectivity index (χ1v) is 4.08. The fourth-order valence-electron chi connectivity index (χ4n) is 1.12. The summed E-state index contributed by atoms with van der Waals surface area (Å²) in [7, 11) is 3.08. The molecule has 1 N–H and O–H groups in total. The number of rotatable bonds is 2. The van der Waals surface area contributed by atoms with E-state index >= 15 is 0 Å². The summed E-state index contributed by atoms with van der Waals surface area (Å²) in [4.78, 5) is 22.7. The van der Waals surface area contributed by atoms with Gasteiger partial charge in [0.2, 0.25) is 0 Å². The first-order valence-electron chi connectivity index (χ1n) is 4.08. The van der Waals surface area contributed by atoms with Gasteiger partial charge in [0.05, 0.1) is 0 Å². The molecule has 0 radical (unpaired) electrons. The Morgan fingerprint density at radius 2 is 2.00 bits per heavy atom. The number of nitrogens with zero attached hydrogens (tertiary/aromatic N) is 2. The molecule has 0 unspecified atom stereocenters. The lowest BCUT2D eigenvalue weighted by molar-refractivity contribution is 0.687. The van der Waals surface area contributed by atoms with E-state index in [2.05, 4.69) is 5.32 Å². The molecule has 0 aromatic carbocycles. The maximum Gasteiger partial charge on any atom is 0.330 e. The van der Waals surface area contributed by atoms with Crippen LogP contribution < -0.4 is 16.6 Å². The minimum Gasteiger partial charge on any atom is -0.380 e. The van der Waals surface area contributed by atoms with Crippen LogP contribution in [0.25, 0.3) is 0 Å². The van der Waals surface area contributed by atoms with Crippen LogP contribution in [-0.2, 0) is 14.1 Å². The van der Waals surface area contributed by atoms with E-state index in [1.807, 2.05) is 6.92 Å². The summed E-state index contributed by atoms with van der Waals surface area (Å²) < 4.78 is 2.46. The third-order valence-electron chi connectivity index (χ3n) is 1.81. The minimum absolute atomic E-state index is 0.287. The van der Waals surface area contributed by atoms with Gasteiger partial charge < -0.3 is 9.88 Å². The van der Waals surface area contributed by atoms with E-state index in [-0.39, 0.29) is 11.2 Å². The summed E-state index contributed by atoms with van der Waals surface area (Å²) in [6, 6.07) is 0. The van der Waals surface area contributed by atoms with E-state index in [0.717, 1.165) is 4.57 Å². The first kappa shape index (κ1) is 9.57. The van der Waals surface area contributed by atoms with Crippen molar-refractivity contribution in [1.29, 1.82) is 0 Å². The highest BCUT2D eigenvalue weighted by atomic mass is 16.2.